The lowest BCUT2D eigenvalue weighted by Gasteiger charge is -2.31. The predicted octanol–water partition coefficient (Wildman–Crippen LogP) is 6.96. The Kier molecular flexibility index (Phi) is 6.91. The average molecular weight is 398 g/mol. The summed E-state index contributed by atoms with van der Waals surface area (Å²) in [6.07, 6.45) is 2.19. The van der Waals surface area contributed by atoms with E-state index in [-0.39, 0.29) is 4.75 Å². The summed E-state index contributed by atoms with van der Waals surface area (Å²) in [6.45, 7) is 14.6. The van der Waals surface area contributed by atoms with Crippen LogP contribution in [0.3, 0.4) is 0 Å². The van der Waals surface area contributed by atoms with Gasteiger partial charge in [-0.15, -0.1) is 10.2 Å². The third-order valence-corrected chi connectivity index (χ3v) is 7.00. The summed E-state index contributed by atoms with van der Waals surface area (Å²) in [5.74, 6) is 0.912. The summed E-state index contributed by atoms with van der Waals surface area (Å²) >= 11 is 6.01. The Morgan fingerprint density at radius 2 is 1.68 bits per heavy atom. The van der Waals surface area contributed by atoms with Crippen LogP contribution < -0.4 is 0 Å². The van der Waals surface area contributed by atoms with Crippen LogP contribution in [0.2, 0.25) is 5.02 Å². The lowest BCUT2D eigenvalue weighted by Crippen LogP contribution is -2.22. The zero-order valence-corrected chi connectivity index (χ0v) is 18.4. The van der Waals surface area contributed by atoms with Gasteiger partial charge in [-0.2, -0.15) is 0 Å². The van der Waals surface area contributed by atoms with Gasteiger partial charge in [-0.25, -0.2) is 0 Å². The van der Waals surface area contributed by atoms with Crippen molar-refractivity contribution in [2.24, 2.45) is 5.41 Å². The van der Waals surface area contributed by atoms with Crippen LogP contribution >= 0.6 is 33.2 Å². The van der Waals surface area contributed by atoms with Gasteiger partial charge in [0.25, 0.3) is 0 Å². The maximum atomic E-state index is 6.01. The lowest BCUT2D eigenvalue weighted by atomic mass is 9.86. The molecule has 0 saturated carbocycles. The molecule has 2 aromatic rings. The zero-order chi connectivity index (χ0) is 18.7. The molecule has 0 N–H and O–H groups in total. The van der Waals surface area contributed by atoms with Gasteiger partial charge < -0.3 is 4.57 Å². The Labute approximate surface area is 164 Å². The first-order chi connectivity index (χ1) is 11.6. The van der Waals surface area contributed by atoms with E-state index in [1.54, 1.807) is 10.8 Å². The Morgan fingerprint density at radius 3 is 2.24 bits per heavy atom. The average Bonchev–Trinajstić information content (AvgIpc) is 2.87. The predicted molar refractivity (Wildman–Crippen MR) is 112 cm³/mol. The molecule has 0 unspecified atom stereocenters. The molecule has 0 aliphatic heterocycles. The number of nitrogens with zero attached hydrogens (tertiary/aromatic N) is 3. The molecule has 0 spiro atoms. The first kappa shape index (κ1) is 20.7. The summed E-state index contributed by atoms with van der Waals surface area (Å²) in [4.78, 5) is 0. The molecule has 1 aromatic carbocycles. The van der Waals surface area contributed by atoms with Gasteiger partial charge in [-0.1, -0.05) is 50.1 Å². The van der Waals surface area contributed by atoms with E-state index in [1.807, 2.05) is 35.1 Å². The molecular formula is C19H28ClN3S2. The van der Waals surface area contributed by atoms with Gasteiger partial charge in [0.2, 0.25) is 5.16 Å². The first-order valence-corrected chi connectivity index (χ1v) is 11.2. The smallest absolute Gasteiger partial charge is 0.202 e. The SMILES string of the molecule is CCCn1c(SSC(C)(C)CC(C)(C)C)nnc1-c1ccc(Cl)cc1. The minimum absolute atomic E-state index is 0.173. The van der Waals surface area contributed by atoms with Crippen LogP contribution in [0.15, 0.2) is 29.4 Å². The number of halogens is 1. The zero-order valence-electron chi connectivity index (χ0n) is 16.0. The second kappa shape index (κ2) is 8.36. The fourth-order valence-electron chi connectivity index (χ4n) is 3.04. The van der Waals surface area contributed by atoms with Crippen LogP contribution in [0.1, 0.15) is 54.4 Å². The molecule has 138 valence electrons. The molecule has 2 rings (SSSR count). The van der Waals surface area contributed by atoms with E-state index in [4.69, 9.17) is 11.6 Å². The highest BCUT2D eigenvalue weighted by atomic mass is 35.5. The van der Waals surface area contributed by atoms with Crippen molar-refractivity contribution >= 4 is 33.2 Å². The quantitative estimate of drug-likeness (QED) is 0.472. The molecule has 6 heteroatoms. The number of hydrogen-bond acceptors (Lipinski definition) is 4. The molecule has 1 heterocycles. The summed E-state index contributed by atoms with van der Waals surface area (Å²) in [5, 5.41) is 10.6. The molecular weight excluding hydrogens is 370 g/mol. The third kappa shape index (κ3) is 6.22. The molecule has 0 saturated heterocycles. The van der Waals surface area contributed by atoms with Crippen molar-refractivity contribution in [2.45, 2.75) is 70.8 Å². The number of hydrogen-bond donors (Lipinski definition) is 0. The maximum absolute atomic E-state index is 6.01. The van der Waals surface area contributed by atoms with Gasteiger partial charge in [0.15, 0.2) is 5.82 Å². The highest BCUT2D eigenvalue weighted by Gasteiger charge is 2.27. The second-order valence-corrected chi connectivity index (χ2v) is 11.4. The van der Waals surface area contributed by atoms with E-state index < -0.39 is 0 Å². The summed E-state index contributed by atoms with van der Waals surface area (Å²) in [5.41, 5.74) is 1.36. The minimum Gasteiger partial charge on any atom is -0.301 e. The van der Waals surface area contributed by atoms with Crippen molar-refractivity contribution in [3.8, 4) is 11.4 Å². The first-order valence-electron chi connectivity index (χ1n) is 8.66. The Hall–Kier alpha value is -0.650. The Morgan fingerprint density at radius 1 is 1.04 bits per heavy atom. The van der Waals surface area contributed by atoms with Crippen LogP contribution in [-0.2, 0) is 6.54 Å². The van der Waals surface area contributed by atoms with E-state index in [0.717, 1.165) is 41.0 Å². The fourth-order valence-corrected chi connectivity index (χ4v) is 5.75. The molecule has 0 aliphatic rings. The number of aromatic nitrogens is 3. The third-order valence-electron chi connectivity index (χ3n) is 3.56. The Balaban J connectivity index is 2.20. The van der Waals surface area contributed by atoms with Crippen molar-refractivity contribution in [3.05, 3.63) is 29.3 Å². The largest absolute Gasteiger partial charge is 0.301 e. The molecule has 25 heavy (non-hydrogen) atoms. The molecule has 3 nitrogen and oxygen atoms in total. The molecule has 0 amide bonds. The van der Waals surface area contributed by atoms with Crippen molar-refractivity contribution in [3.63, 3.8) is 0 Å². The van der Waals surface area contributed by atoms with Gasteiger partial charge >= 0.3 is 0 Å². The maximum Gasteiger partial charge on any atom is 0.202 e. The fraction of sp³-hybridized carbons (Fsp3) is 0.579. The molecule has 0 fully saturated rings. The van der Waals surface area contributed by atoms with Crippen molar-refractivity contribution < 1.29 is 0 Å². The molecule has 0 radical (unpaired) electrons. The van der Waals surface area contributed by atoms with Gasteiger partial charge in [0.1, 0.15) is 0 Å². The number of rotatable bonds is 7. The van der Waals surface area contributed by atoms with Gasteiger partial charge in [0, 0.05) is 21.9 Å². The topological polar surface area (TPSA) is 30.7 Å². The van der Waals surface area contributed by atoms with Crippen LogP contribution in [0.25, 0.3) is 11.4 Å². The Bertz CT molecular complexity index is 688. The van der Waals surface area contributed by atoms with E-state index in [9.17, 15) is 0 Å². The molecule has 0 aliphatic carbocycles. The highest BCUT2D eigenvalue weighted by Crippen LogP contribution is 2.46. The van der Waals surface area contributed by atoms with Crippen LogP contribution in [0.4, 0.5) is 0 Å². The summed E-state index contributed by atoms with van der Waals surface area (Å²) in [7, 11) is 3.62. The van der Waals surface area contributed by atoms with Gasteiger partial charge in [0.05, 0.1) is 0 Å². The van der Waals surface area contributed by atoms with E-state index in [1.165, 1.54) is 0 Å². The standard InChI is InChI=1S/C19H28ClN3S2/c1-7-12-23-16(14-8-10-15(20)11-9-14)21-22-17(23)24-25-19(5,6)13-18(2,3)4/h8-11H,7,12-13H2,1-6H3. The van der Waals surface area contributed by atoms with Crippen molar-refractivity contribution in [2.75, 3.05) is 0 Å². The highest BCUT2D eigenvalue weighted by molar-refractivity contribution is 8.77. The van der Waals surface area contributed by atoms with Gasteiger partial charge in [-0.05, 0) is 67.2 Å². The summed E-state index contributed by atoms with van der Waals surface area (Å²) in [6, 6.07) is 7.80. The molecule has 0 atom stereocenters. The van der Waals surface area contributed by atoms with E-state index >= 15 is 0 Å². The summed E-state index contributed by atoms with van der Waals surface area (Å²) < 4.78 is 2.39. The lowest BCUT2D eigenvalue weighted by molar-refractivity contribution is 0.340. The van der Waals surface area contributed by atoms with Crippen molar-refractivity contribution in [1.29, 1.82) is 0 Å². The molecule has 1 aromatic heterocycles. The molecule has 0 bridgehead atoms. The van der Waals surface area contributed by atoms with Crippen molar-refractivity contribution in [1.82, 2.24) is 14.8 Å². The number of benzene rings is 1. The minimum atomic E-state index is 0.173. The van der Waals surface area contributed by atoms with Gasteiger partial charge in [-0.3, -0.25) is 0 Å². The van der Waals surface area contributed by atoms with Crippen LogP contribution in [-0.4, -0.2) is 19.5 Å². The second-order valence-electron chi connectivity index (χ2n) is 8.13. The normalized spacial score (nSPS) is 12.6. The van der Waals surface area contributed by atoms with Crippen LogP contribution in [0, 0.1) is 5.41 Å². The van der Waals surface area contributed by atoms with E-state index in [2.05, 4.69) is 56.3 Å². The monoisotopic (exact) mass is 397 g/mol. The van der Waals surface area contributed by atoms with Crippen LogP contribution in [0.5, 0.6) is 0 Å². The van der Waals surface area contributed by atoms with E-state index in [0.29, 0.717) is 5.41 Å².